The summed E-state index contributed by atoms with van der Waals surface area (Å²) in [5.74, 6) is -4.75. The van der Waals surface area contributed by atoms with Crippen LogP contribution in [0.25, 0.3) is 0 Å². The zero-order chi connectivity index (χ0) is 16.4. The fourth-order valence-corrected chi connectivity index (χ4v) is 3.65. The van der Waals surface area contributed by atoms with Gasteiger partial charge >= 0.3 is 5.97 Å². The van der Waals surface area contributed by atoms with Crippen LogP contribution in [0.3, 0.4) is 0 Å². The van der Waals surface area contributed by atoms with Crippen LogP contribution in [-0.2, 0) is 10.0 Å². The summed E-state index contributed by atoms with van der Waals surface area (Å²) < 4.78 is 53.1. The number of rotatable bonds is 6. The van der Waals surface area contributed by atoms with Gasteiger partial charge in [-0.1, -0.05) is 13.8 Å². The molecule has 0 heterocycles. The van der Waals surface area contributed by atoms with Crippen LogP contribution in [0.4, 0.5) is 8.78 Å². The van der Waals surface area contributed by atoms with E-state index in [0.29, 0.717) is 18.9 Å². The van der Waals surface area contributed by atoms with Gasteiger partial charge in [-0.15, -0.1) is 0 Å². The molecule has 0 saturated carbocycles. The van der Waals surface area contributed by atoms with Gasteiger partial charge in [0.05, 0.1) is 0 Å². The van der Waals surface area contributed by atoms with E-state index in [9.17, 15) is 22.0 Å². The van der Waals surface area contributed by atoms with E-state index in [0.717, 1.165) is 10.4 Å². The van der Waals surface area contributed by atoms with Crippen molar-refractivity contribution >= 4 is 16.0 Å². The second-order valence-electron chi connectivity index (χ2n) is 4.53. The van der Waals surface area contributed by atoms with Gasteiger partial charge in [0.25, 0.3) is 0 Å². The van der Waals surface area contributed by atoms with Gasteiger partial charge in [-0.3, -0.25) is 0 Å². The van der Waals surface area contributed by atoms with Gasteiger partial charge in [0.2, 0.25) is 10.0 Å². The minimum Gasteiger partial charge on any atom is -0.477 e. The normalized spacial score (nSPS) is 12.1. The maximum atomic E-state index is 14.1. The van der Waals surface area contributed by atoms with Gasteiger partial charge in [-0.25, -0.2) is 22.0 Å². The van der Waals surface area contributed by atoms with E-state index in [4.69, 9.17) is 5.11 Å². The van der Waals surface area contributed by atoms with E-state index in [1.807, 2.05) is 0 Å². The van der Waals surface area contributed by atoms with Crippen molar-refractivity contribution in [1.29, 1.82) is 0 Å². The maximum absolute atomic E-state index is 14.1. The first-order chi connectivity index (χ1) is 9.68. The minimum atomic E-state index is -4.24. The first-order valence-electron chi connectivity index (χ1n) is 6.37. The van der Waals surface area contributed by atoms with E-state index >= 15 is 0 Å². The lowest BCUT2D eigenvalue weighted by Gasteiger charge is -2.25. The molecule has 0 aromatic heterocycles. The van der Waals surface area contributed by atoms with E-state index in [-0.39, 0.29) is 6.04 Å². The maximum Gasteiger partial charge on any atom is 0.341 e. The van der Waals surface area contributed by atoms with Gasteiger partial charge < -0.3 is 5.11 Å². The molecule has 118 valence electrons. The number of carboxylic acid groups (broad SMARTS) is 1. The van der Waals surface area contributed by atoms with Gasteiger partial charge in [0.1, 0.15) is 16.3 Å². The molecule has 0 unspecified atom stereocenters. The van der Waals surface area contributed by atoms with Gasteiger partial charge in [-0.05, 0) is 25.0 Å². The predicted molar refractivity (Wildman–Crippen MR) is 72.6 cm³/mol. The lowest BCUT2D eigenvalue weighted by atomic mass is 10.2. The standard InChI is InChI=1S/C13H17F2NO4S/c1-4-8(5-2)16(3)21(19,20)10-7-6-9(14)11(12(10)15)13(17)18/h6-8H,4-5H2,1-3H3,(H,17,18). The number of aromatic carboxylic acids is 1. The summed E-state index contributed by atoms with van der Waals surface area (Å²) in [5, 5.41) is 8.79. The van der Waals surface area contributed by atoms with Crippen molar-refractivity contribution < 1.29 is 27.1 Å². The first-order valence-corrected chi connectivity index (χ1v) is 7.81. The molecule has 1 N–H and O–H groups in total. The Morgan fingerprint density at radius 3 is 2.24 bits per heavy atom. The third-order valence-corrected chi connectivity index (χ3v) is 5.31. The van der Waals surface area contributed by atoms with Gasteiger partial charge in [0, 0.05) is 13.1 Å². The molecule has 0 radical (unpaired) electrons. The molecule has 1 rings (SSSR count). The quantitative estimate of drug-likeness (QED) is 0.873. The number of benzene rings is 1. The van der Waals surface area contributed by atoms with Crippen molar-refractivity contribution in [3.8, 4) is 0 Å². The number of halogens is 2. The lowest BCUT2D eigenvalue weighted by molar-refractivity contribution is 0.0685. The van der Waals surface area contributed by atoms with E-state index in [1.165, 1.54) is 7.05 Å². The summed E-state index contributed by atoms with van der Waals surface area (Å²) in [6.45, 7) is 3.56. The molecular formula is C13H17F2NO4S. The summed E-state index contributed by atoms with van der Waals surface area (Å²) in [5.41, 5.74) is -1.27. The molecule has 21 heavy (non-hydrogen) atoms. The van der Waals surface area contributed by atoms with Crippen LogP contribution in [-0.4, -0.2) is 36.9 Å². The van der Waals surface area contributed by atoms with Crippen molar-refractivity contribution in [2.24, 2.45) is 0 Å². The number of carbonyl (C=O) groups is 1. The molecule has 0 amide bonds. The molecule has 0 spiro atoms. The lowest BCUT2D eigenvalue weighted by Crippen LogP contribution is -2.36. The highest BCUT2D eigenvalue weighted by atomic mass is 32.2. The highest BCUT2D eigenvalue weighted by Gasteiger charge is 2.32. The smallest absolute Gasteiger partial charge is 0.341 e. The fourth-order valence-electron chi connectivity index (χ4n) is 2.08. The second kappa shape index (κ2) is 6.48. The summed E-state index contributed by atoms with van der Waals surface area (Å²) in [6, 6.07) is 1.03. The topological polar surface area (TPSA) is 74.7 Å². The zero-order valence-corrected chi connectivity index (χ0v) is 12.7. The first kappa shape index (κ1) is 17.5. The van der Waals surface area contributed by atoms with Crippen molar-refractivity contribution in [3.63, 3.8) is 0 Å². The molecular weight excluding hydrogens is 304 g/mol. The number of hydrogen-bond acceptors (Lipinski definition) is 3. The van der Waals surface area contributed by atoms with Gasteiger partial charge in [0.15, 0.2) is 5.82 Å². The molecule has 0 aliphatic carbocycles. The average molecular weight is 321 g/mol. The summed E-state index contributed by atoms with van der Waals surface area (Å²) in [4.78, 5) is 10.0. The van der Waals surface area contributed by atoms with Crippen LogP contribution < -0.4 is 0 Å². The van der Waals surface area contributed by atoms with Crippen LogP contribution in [0.15, 0.2) is 17.0 Å². The monoisotopic (exact) mass is 321 g/mol. The Bertz CT molecular complexity index is 642. The van der Waals surface area contributed by atoms with Gasteiger partial charge in [-0.2, -0.15) is 4.31 Å². The number of hydrogen-bond donors (Lipinski definition) is 1. The van der Waals surface area contributed by atoms with Crippen LogP contribution in [0.1, 0.15) is 37.0 Å². The highest BCUT2D eigenvalue weighted by molar-refractivity contribution is 7.89. The van der Waals surface area contributed by atoms with Crippen LogP contribution >= 0.6 is 0 Å². The molecule has 5 nitrogen and oxygen atoms in total. The molecule has 0 atom stereocenters. The summed E-state index contributed by atoms with van der Waals surface area (Å²) in [7, 11) is -2.95. The second-order valence-corrected chi connectivity index (χ2v) is 6.50. The van der Waals surface area contributed by atoms with Crippen LogP contribution in [0.5, 0.6) is 0 Å². The largest absolute Gasteiger partial charge is 0.477 e. The SMILES string of the molecule is CCC(CC)N(C)S(=O)(=O)c1ccc(F)c(C(=O)O)c1F. The third-order valence-electron chi connectivity index (χ3n) is 3.38. The Balaban J connectivity index is 3.46. The van der Waals surface area contributed by atoms with Crippen LogP contribution in [0, 0.1) is 11.6 Å². The summed E-state index contributed by atoms with van der Waals surface area (Å²) in [6.07, 6.45) is 1.03. The molecule has 1 aromatic rings. The molecule has 0 fully saturated rings. The Kier molecular flexibility index (Phi) is 5.41. The van der Waals surface area contributed by atoms with E-state index < -0.39 is 38.1 Å². The number of sulfonamides is 1. The molecule has 0 bridgehead atoms. The average Bonchev–Trinajstić information content (AvgIpc) is 2.39. The van der Waals surface area contributed by atoms with Crippen molar-refractivity contribution in [3.05, 3.63) is 29.3 Å². The number of nitrogens with zero attached hydrogens (tertiary/aromatic N) is 1. The zero-order valence-electron chi connectivity index (χ0n) is 11.9. The van der Waals surface area contributed by atoms with Crippen LogP contribution in [0.2, 0.25) is 0 Å². The Labute approximate surface area is 122 Å². The Morgan fingerprint density at radius 1 is 1.29 bits per heavy atom. The fraction of sp³-hybridized carbons (Fsp3) is 0.462. The molecule has 8 heteroatoms. The molecule has 0 aliphatic heterocycles. The predicted octanol–water partition coefficient (Wildman–Crippen LogP) is 2.47. The Morgan fingerprint density at radius 2 is 1.81 bits per heavy atom. The van der Waals surface area contributed by atoms with Crippen molar-refractivity contribution in [1.82, 2.24) is 4.31 Å². The minimum absolute atomic E-state index is 0.354. The Hall–Kier alpha value is -1.54. The summed E-state index contributed by atoms with van der Waals surface area (Å²) >= 11 is 0. The molecule has 0 saturated heterocycles. The number of carboxylic acids is 1. The molecule has 0 aliphatic rings. The van der Waals surface area contributed by atoms with Crippen molar-refractivity contribution in [2.75, 3.05) is 7.05 Å². The third kappa shape index (κ3) is 3.21. The molecule has 1 aromatic carbocycles. The van der Waals surface area contributed by atoms with Crippen molar-refractivity contribution in [2.45, 2.75) is 37.6 Å². The highest BCUT2D eigenvalue weighted by Crippen LogP contribution is 2.25. The van der Waals surface area contributed by atoms with E-state index in [2.05, 4.69) is 0 Å². The van der Waals surface area contributed by atoms with E-state index in [1.54, 1.807) is 13.8 Å².